The van der Waals surface area contributed by atoms with Gasteiger partial charge < -0.3 is 5.32 Å². The van der Waals surface area contributed by atoms with E-state index in [9.17, 15) is 13.2 Å². The number of nitrogens with one attached hydrogen (secondary N) is 2. The van der Waals surface area contributed by atoms with Crippen LogP contribution in [-0.2, 0) is 21.2 Å². The lowest BCUT2D eigenvalue weighted by atomic mass is 10.1. The molecule has 2 heterocycles. The van der Waals surface area contributed by atoms with E-state index in [1.54, 1.807) is 0 Å². The Balaban J connectivity index is 1.62. The topological polar surface area (TPSA) is 118 Å². The second kappa shape index (κ2) is 5.84. The van der Waals surface area contributed by atoms with Gasteiger partial charge in [-0.15, -0.1) is 10.2 Å². The molecule has 1 saturated heterocycles. The van der Waals surface area contributed by atoms with Crippen LogP contribution in [0.15, 0.2) is 24.3 Å². The lowest BCUT2D eigenvalue weighted by molar-refractivity contribution is -0.124. The Morgan fingerprint density at radius 2 is 2.27 bits per heavy atom. The summed E-state index contributed by atoms with van der Waals surface area (Å²) in [5.41, 5.74) is 1.68. The fourth-order valence-corrected chi connectivity index (χ4v) is 4.18. The van der Waals surface area contributed by atoms with Gasteiger partial charge in [0.15, 0.2) is 9.84 Å². The molecule has 1 amide bonds. The number of benzene rings is 1. The number of tetrazole rings is 1. The molecule has 0 aliphatic carbocycles. The van der Waals surface area contributed by atoms with Crippen LogP contribution < -0.4 is 5.32 Å². The molecular weight excluding hydrogens is 306 g/mol. The maximum Gasteiger partial charge on any atom is 0.224 e. The van der Waals surface area contributed by atoms with Crippen LogP contribution >= 0.6 is 0 Å². The first kappa shape index (κ1) is 14.6. The number of H-pyrrole nitrogens is 1. The van der Waals surface area contributed by atoms with Crippen molar-refractivity contribution in [1.29, 1.82) is 0 Å². The average molecular weight is 321 g/mol. The fraction of sp³-hybridized carbons (Fsp3) is 0.385. The monoisotopic (exact) mass is 321 g/mol. The highest BCUT2D eigenvalue weighted by Crippen LogP contribution is 2.19. The van der Waals surface area contributed by atoms with Crippen LogP contribution in [0, 0.1) is 5.92 Å². The molecule has 8 nitrogen and oxygen atoms in total. The molecule has 9 heteroatoms. The van der Waals surface area contributed by atoms with Gasteiger partial charge in [0.1, 0.15) is 0 Å². The summed E-state index contributed by atoms with van der Waals surface area (Å²) in [6, 6.07) is 7.42. The minimum Gasteiger partial charge on any atom is -0.352 e. The van der Waals surface area contributed by atoms with E-state index >= 15 is 0 Å². The Labute approximate surface area is 127 Å². The van der Waals surface area contributed by atoms with Crippen molar-refractivity contribution >= 4 is 15.7 Å². The molecule has 1 atom stereocenters. The third-order valence-electron chi connectivity index (χ3n) is 3.60. The van der Waals surface area contributed by atoms with Gasteiger partial charge in [0.05, 0.1) is 17.4 Å². The zero-order valence-corrected chi connectivity index (χ0v) is 12.5. The predicted octanol–water partition coefficient (Wildman–Crippen LogP) is -0.0824. The van der Waals surface area contributed by atoms with Crippen molar-refractivity contribution in [2.24, 2.45) is 5.92 Å². The normalized spacial score (nSPS) is 19.9. The van der Waals surface area contributed by atoms with Gasteiger partial charge in [0, 0.05) is 12.1 Å². The maximum absolute atomic E-state index is 12.0. The average Bonchev–Trinajstić information content (AvgIpc) is 3.14. The van der Waals surface area contributed by atoms with E-state index in [1.165, 1.54) is 0 Å². The zero-order chi connectivity index (χ0) is 15.6. The second-order valence-corrected chi connectivity index (χ2v) is 7.48. The SMILES string of the molecule is O=C(NCc1cccc(-c2nn[nH]n2)c1)[C@@H]1CCS(=O)(=O)C1. The van der Waals surface area contributed by atoms with Crippen molar-refractivity contribution in [3.8, 4) is 11.4 Å². The summed E-state index contributed by atoms with van der Waals surface area (Å²) in [6.07, 6.45) is 0.400. The summed E-state index contributed by atoms with van der Waals surface area (Å²) < 4.78 is 22.8. The van der Waals surface area contributed by atoms with Gasteiger partial charge in [-0.3, -0.25) is 4.79 Å². The second-order valence-electron chi connectivity index (χ2n) is 5.25. The molecule has 1 aliphatic rings. The van der Waals surface area contributed by atoms with Gasteiger partial charge in [-0.25, -0.2) is 8.42 Å². The summed E-state index contributed by atoms with van der Waals surface area (Å²) in [4.78, 5) is 12.0. The van der Waals surface area contributed by atoms with Crippen molar-refractivity contribution in [2.45, 2.75) is 13.0 Å². The lowest BCUT2D eigenvalue weighted by Gasteiger charge is -2.10. The van der Waals surface area contributed by atoms with Crippen LogP contribution in [0.2, 0.25) is 0 Å². The van der Waals surface area contributed by atoms with Gasteiger partial charge in [0.25, 0.3) is 0 Å². The molecule has 0 bridgehead atoms. The van der Waals surface area contributed by atoms with E-state index in [0.717, 1.165) is 11.1 Å². The molecule has 2 aromatic rings. The number of carbonyl (C=O) groups is 1. The lowest BCUT2D eigenvalue weighted by Crippen LogP contribution is -2.30. The predicted molar refractivity (Wildman–Crippen MR) is 78.2 cm³/mol. The Morgan fingerprint density at radius 1 is 1.41 bits per heavy atom. The molecule has 0 saturated carbocycles. The van der Waals surface area contributed by atoms with E-state index in [-0.39, 0.29) is 17.4 Å². The van der Waals surface area contributed by atoms with Gasteiger partial charge in [0.2, 0.25) is 11.7 Å². The Hall–Kier alpha value is -2.29. The number of amides is 1. The van der Waals surface area contributed by atoms with Crippen molar-refractivity contribution in [3.05, 3.63) is 29.8 Å². The first-order valence-electron chi connectivity index (χ1n) is 6.84. The van der Waals surface area contributed by atoms with Crippen molar-refractivity contribution < 1.29 is 13.2 Å². The minimum absolute atomic E-state index is 0.0538. The zero-order valence-electron chi connectivity index (χ0n) is 11.7. The quantitative estimate of drug-likeness (QED) is 0.813. The molecule has 22 heavy (non-hydrogen) atoms. The molecule has 1 aromatic heterocycles. The van der Waals surface area contributed by atoms with E-state index in [1.807, 2.05) is 24.3 Å². The molecule has 0 radical (unpaired) electrons. The molecule has 0 spiro atoms. The first-order chi connectivity index (χ1) is 10.5. The van der Waals surface area contributed by atoms with Gasteiger partial charge in [-0.1, -0.05) is 18.2 Å². The molecule has 1 fully saturated rings. The molecule has 1 aromatic carbocycles. The van der Waals surface area contributed by atoms with Gasteiger partial charge in [-0.2, -0.15) is 5.21 Å². The highest BCUT2D eigenvalue weighted by atomic mass is 32.2. The number of nitrogens with zero attached hydrogens (tertiary/aromatic N) is 3. The number of rotatable bonds is 4. The highest BCUT2D eigenvalue weighted by Gasteiger charge is 2.32. The summed E-state index contributed by atoms with van der Waals surface area (Å²) >= 11 is 0. The standard InChI is InChI=1S/C13H15N5O3S/c19-13(11-4-5-22(20,21)8-11)14-7-9-2-1-3-10(6-9)12-15-17-18-16-12/h1-3,6,11H,4-5,7-8H2,(H,14,19)(H,15,16,17,18)/t11-/m1/s1. The van der Waals surface area contributed by atoms with Crippen molar-refractivity contribution in [2.75, 3.05) is 11.5 Å². The summed E-state index contributed by atoms with van der Waals surface area (Å²) in [5, 5.41) is 16.5. The largest absolute Gasteiger partial charge is 0.352 e. The number of hydrogen-bond acceptors (Lipinski definition) is 6. The third-order valence-corrected chi connectivity index (χ3v) is 5.37. The number of sulfone groups is 1. The van der Waals surface area contributed by atoms with Crippen LogP contribution in [0.5, 0.6) is 0 Å². The summed E-state index contributed by atoms with van der Waals surface area (Å²) in [7, 11) is -3.05. The number of hydrogen-bond donors (Lipinski definition) is 2. The van der Waals surface area contributed by atoms with Gasteiger partial charge in [-0.05, 0) is 23.3 Å². The number of carbonyl (C=O) groups excluding carboxylic acids is 1. The molecule has 3 rings (SSSR count). The maximum atomic E-state index is 12.0. The Bertz CT molecular complexity index is 773. The first-order valence-corrected chi connectivity index (χ1v) is 8.66. The van der Waals surface area contributed by atoms with Crippen LogP contribution in [0.25, 0.3) is 11.4 Å². The molecule has 0 unspecified atom stereocenters. The molecular formula is C13H15N5O3S. The Morgan fingerprint density at radius 3 is 2.95 bits per heavy atom. The van der Waals surface area contributed by atoms with Crippen LogP contribution in [0.1, 0.15) is 12.0 Å². The van der Waals surface area contributed by atoms with Crippen LogP contribution in [-0.4, -0.2) is 46.5 Å². The highest BCUT2D eigenvalue weighted by molar-refractivity contribution is 7.91. The van der Waals surface area contributed by atoms with E-state index < -0.39 is 15.8 Å². The molecule has 1 aliphatic heterocycles. The van der Waals surface area contributed by atoms with Crippen molar-refractivity contribution in [1.82, 2.24) is 25.9 Å². The number of aromatic amines is 1. The van der Waals surface area contributed by atoms with Crippen molar-refractivity contribution in [3.63, 3.8) is 0 Å². The summed E-state index contributed by atoms with van der Waals surface area (Å²) in [5.74, 6) is -0.133. The van der Waals surface area contributed by atoms with Crippen LogP contribution in [0.3, 0.4) is 0 Å². The molecule has 2 N–H and O–H groups in total. The smallest absolute Gasteiger partial charge is 0.224 e. The molecule has 116 valence electrons. The van der Waals surface area contributed by atoms with E-state index in [0.29, 0.717) is 18.8 Å². The Kier molecular flexibility index (Phi) is 3.88. The van der Waals surface area contributed by atoms with Gasteiger partial charge >= 0.3 is 0 Å². The summed E-state index contributed by atoms with van der Waals surface area (Å²) in [6.45, 7) is 0.334. The third kappa shape index (κ3) is 3.30. The number of aromatic nitrogens is 4. The van der Waals surface area contributed by atoms with E-state index in [4.69, 9.17) is 0 Å². The van der Waals surface area contributed by atoms with Crippen LogP contribution in [0.4, 0.5) is 0 Å². The minimum atomic E-state index is -3.05. The van der Waals surface area contributed by atoms with E-state index in [2.05, 4.69) is 25.9 Å². The fourth-order valence-electron chi connectivity index (χ4n) is 2.44.